The molecule has 1 aliphatic rings. The first kappa shape index (κ1) is 19.3. The van der Waals surface area contributed by atoms with Crippen LogP contribution in [0.1, 0.15) is 24.6 Å². The Balaban J connectivity index is 1.54. The van der Waals surface area contributed by atoms with Crippen molar-refractivity contribution in [2.75, 3.05) is 25.0 Å². The zero-order chi connectivity index (χ0) is 19.1. The van der Waals surface area contributed by atoms with Crippen molar-refractivity contribution in [2.45, 2.75) is 25.9 Å². The van der Waals surface area contributed by atoms with Gasteiger partial charge >= 0.3 is 5.97 Å². The number of ether oxygens (including phenoxy) is 1. The number of nitrogens with zero attached hydrogens (tertiary/aromatic N) is 3. The van der Waals surface area contributed by atoms with E-state index in [0.29, 0.717) is 23.5 Å². The molecule has 1 fully saturated rings. The van der Waals surface area contributed by atoms with Gasteiger partial charge in [0.1, 0.15) is 5.82 Å². The number of aromatic nitrogens is 2. The van der Waals surface area contributed by atoms with Crippen LogP contribution in [0.25, 0.3) is 6.08 Å². The van der Waals surface area contributed by atoms with Crippen LogP contribution in [0.5, 0.6) is 0 Å². The van der Waals surface area contributed by atoms with E-state index in [1.807, 2.05) is 24.4 Å². The van der Waals surface area contributed by atoms with Crippen LogP contribution in [0.3, 0.4) is 0 Å². The third-order valence-electron chi connectivity index (χ3n) is 4.29. The molecule has 2 aromatic rings. The second-order valence-corrected chi connectivity index (χ2v) is 6.78. The highest BCUT2D eigenvalue weighted by Gasteiger charge is 2.23. The van der Waals surface area contributed by atoms with Crippen LogP contribution in [-0.4, -0.2) is 46.6 Å². The van der Waals surface area contributed by atoms with Crippen LogP contribution in [0, 0.1) is 0 Å². The number of hydrogen-bond acceptors (Lipinski definition) is 6. The average Bonchev–Trinajstić information content (AvgIpc) is 3.10. The van der Waals surface area contributed by atoms with Gasteiger partial charge in [-0.05, 0) is 43.2 Å². The molecule has 1 atom stereocenters. The highest BCUT2D eigenvalue weighted by molar-refractivity contribution is 6.33. The van der Waals surface area contributed by atoms with Crippen LogP contribution in [-0.2, 0) is 16.1 Å². The minimum Gasteiger partial charge on any atom is -0.463 e. The van der Waals surface area contributed by atoms with Gasteiger partial charge in [0.25, 0.3) is 0 Å². The van der Waals surface area contributed by atoms with Crippen molar-refractivity contribution in [2.24, 2.45) is 0 Å². The molecule has 0 radical (unpaired) electrons. The minimum atomic E-state index is -0.380. The molecule has 27 heavy (non-hydrogen) atoms. The fourth-order valence-electron chi connectivity index (χ4n) is 3.01. The molecule has 2 aromatic heterocycles. The zero-order valence-electron chi connectivity index (χ0n) is 15.3. The first-order chi connectivity index (χ1) is 13.1. The largest absolute Gasteiger partial charge is 0.463 e. The Bertz CT molecular complexity index is 798. The number of carbonyl (C=O) groups excluding carboxylic acids is 1. The Hall–Kier alpha value is -2.44. The van der Waals surface area contributed by atoms with Crippen LogP contribution >= 0.6 is 11.6 Å². The SMILES string of the molecule is CCOC(=O)C=Cc1cnc(N[C@@H]2CCN(Cc3ccccn3)C2)c(Cl)c1. The second-order valence-electron chi connectivity index (χ2n) is 6.37. The number of rotatable bonds is 7. The molecule has 0 unspecified atom stereocenters. The Labute approximate surface area is 164 Å². The van der Waals surface area contributed by atoms with Gasteiger partial charge in [-0.25, -0.2) is 9.78 Å². The molecular formula is C20H23ClN4O2. The molecule has 3 rings (SSSR count). The van der Waals surface area contributed by atoms with Crippen molar-refractivity contribution in [3.63, 3.8) is 0 Å². The van der Waals surface area contributed by atoms with Crippen molar-refractivity contribution in [1.29, 1.82) is 0 Å². The minimum absolute atomic E-state index is 0.291. The summed E-state index contributed by atoms with van der Waals surface area (Å²) in [5.41, 5.74) is 1.83. The Morgan fingerprint density at radius 1 is 1.44 bits per heavy atom. The van der Waals surface area contributed by atoms with Gasteiger partial charge in [-0.2, -0.15) is 0 Å². The van der Waals surface area contributed by atoms with E-state index in [-0.39, 0.29) is 5.97 Å². The van der Waals surface area contributed by atoms with E-state index in [1.54, 1.807) is 25.3 Å². The van der Waals surface area contributed by atoms with Gasteiger partial charge in [-0.1, -0.05) is 17.7 Å². The molecule has 142 valence electrons. The summed E-state index contributed by atoms with van der Waals surface area (Å²) >= 11 is 6.35. The number of nitrogens with one attached hydrogen (secondary N) is 1. The van der Waals surface area contributed by atoms with Crippen molar-refractivity contribution in [1.82, 2.24) is 14.9 Å². The van der Waals surface area contributed by atoms with Crippen LogP contribution in [0.2, 0.25) is 5.02 Å². The lowest BCUT2D eigenvalue weighted by Gasteiger charge is -2.17. The average molecular weight is 387 g/mol. The second kappa shape index (κ2) is 9.48. The third kappa shape index (κ3) is 5.77. The van der Waals surface area contributed by atoms with Crippen LogP contribution in [0.4, 0.5) is 5.82 Å². The summed E-state index contributed by atoms with van der Waals surface area (Å²) in [5.74, 6) is 0.282. The Kier molecular flexibility index (Phi) is 6.79. The summed E-state index contributed by atoms with van der Waals surface area (Å²) in [6.07, 6.45) is 7.55. The number of hydrogen-bond donors (Lipinski definition) is 1. The van der Waals surface area contributed by atoms with Crippen LogP contribution < -0.4 is 5.32 Å². The van der Waals surface area contributed by atoms with Gasteiger partial charge < -0.3 is 10.1 Å². The van der Waals surface area contributed by atoms with Crippen molar-refractivity contribution in [3.8, 4) is 0 Å². The van der Waals surface area contributed by atoms with E-state index in [2.05, 4.69) is 20.2 Å². The standard InChI is InChI=1S/C20H23ClN4O2/c1-2-27-19(26)7-6-15-11-18(21)20(23-12-15)24-17-8-10-25(14-17)13-16-5-3-4-9-22-16/h3-7,9,11-12,17H,2,8,10,13-14H2,1H3,(H,23,24)/t17-/m1/s1. The van der Waals surface area contributed by atoms with Crippen molar-refractivity contribution < 1.29 is 9.53 Å². The van der Waals surface area contributed by atoms with E-state index in [4.69, 9.17) is 16.3 Å². The van der Waals surface area contributed by atoms with Gasteiger partial charge in [0.15, 0.2) is 0 Å². The molecule has 7 heteroatoms. The van der Waals surface area contributed by atoms with Gasteiger partial charge in [0.05, 0.1) is 17.3 Å². The predicted octanol–water partition coefficient (Wildman–Crippen LogP) is 3.39. The highest BCUT2D eigenvalue weighted by atomic mass is 35.5. The first-order valence-electron chi connectivity index (χ1n) is 9.03. The molecule has 0 saturated carbocycles. The van der Waals surface area contributed by atoms with Gasteiger partial charge in [-0.3, -0.25) is 9.88 Å². The lowest BCUT2D eigenvalue weighted by atomic mass is 10.2. The van der Waals surface area contributed by atoms with E-state index in [1.165, 1.54) is 6.08 Å². The lowest BCUT2D eigenvalue weighted by molar-refractivity contribution is -0.137. The maximum Gasteiger partial charge on any atom is 0.330 e. The topological polar surface area (TPSA) is 67.3 Å². The summed E-state index contributed by atoms with van der Waals surface area (Å²) in [5, 5.41) is 3.95. The number of halogens is 1. The third-order valence-corrected chi connectivity index (χ3v) is 4.57. The number of likely N-dealkylation sites (tertiary alicyclic amines) is 1. The summed E-state index contributed by atoms with van der Waals surface area (Å²) in [6.45, 7) is 4.89. The predicted molar refractivity (Wildman–Crippen MR) is 106 cm³/mol. The number of pyridine rings is 2. The molecule has 3 heterocycles. The van der Waals surface area contributed by atoms with E-state index >= 15 is 0 Å². The van der Waals surface area contributed by atoms with E-state index < -0.39 is 0 Å². The van der Waals surface area contributed by atoms with Crippen molar-refractivity contribution >= 4 is 29.5 Å². The number of esters is 1. The molecule has 0 spiro atoms. The maximum absolute atomic E-state index is 11.4. The smallest absolute Gasteiger partial charge is 0.330 e. The summed E-state index contributed by atoms with van der Waals surface area (Å²) in [6, 6.07) is 8.06. The molecule has 0 bridgehead atoms. The lowest BCUT2D eigenvalue weighted by Crippen LogP contribution is -2.26. The molecule has 1 aliphatic heterocycles. The Morgan fingerprint density at radius 3 is 3.07 bits per heavy atom. The zero-order valence-corrected chi connectivity index (χ0v) is 16.0. The molecule has 0 amide bonds. The molecule has 0 aromatic carbocycles. The van der Waals surface area contributed by atoms with Gasteiger partial charge in [-0.15, -0.1) is 0 Å². The van der Waals surface area contributed by atoms with Gasteiger partial charge in [0, 0.05) is 44.1 Å². The summed E-state index contributed by atoms with van der Waals surface area (Å²) in [4.78, 5) is 22.5. The molecule has 0 aliphatic carbocycles. The summed E-state index contributed by atoms with van der Waals surface area (Å²) < 4.78 is 4.86. The first-order valence-corrected chi connectivity index (χ1v) is 9.41. The normalized spacial score (nSPS) is 17.3. The Morgan fingerprint density at radius 2 is 2.33 bits per heavy atom. The fourth-order valence-corrected chi connectivity index (χ4v) is 3.24. The van der Waals surface area contributed by atoms with E-state index in [0.717, 1.165) is 37.3 Å². The number of anilines is 1. The molecule has 6 nitrogen and oxygen atoms in total. The van der Waals surface area contributed by atoms with E-state index in [9.17, 15) is 4.79 Å². The summed E-state index contributed by atoms with van der Waals surface area (Å²) in [7, 11) is 0. The van der Waals surface area contributed by atoms with Gasteiger partial charge in [0.2, 0.25) is 0 Å². The van der Waals surface area contributed by atoms with Crippen molar-refractivity contribution in [3.05, 3.63) is 59.0 Å². The molecule has 1 N–H and O–H groups in total. The fraction of sp³-hybridized carbons (Fsp3) is 0.350. The molecule has 1 saturated heterocycles. The number of carbonyl (C=O) groups is 1. The highest BCUT2D eigenvalue weighted by Crippen LogP contribution is 2.24. The quantitative estimate of drug-likeness (QED) is 0.581. The maximum atomic E-state index is 11.4. The van der Waals surface area contributed by atoms with Crippen LogP contribution in [0.15, 0.2) is 42.7 Å². The monoisotopic (exact) mass is 386 g/mol. The molecular weight excluding hydrogens is 364 g/mol.